The van der Waals surface area contributed by atoms with E-state index in [-0.39, 0.29) is 11.6 Å². The summed E-state index contributed by atoms with van der Waals surface area (Å²) in [5.74, 6) is -0.372. The Labute approximate surface area is 183 Å². The molecule has 0 aliphatic carbocycles. The molecule has 3 aromatic rings. The first-order valence-corrected chi connectivity index (χ1v) is 9.72. The molecule has 0 atom stereocenters. The highest BCUT2D eigenvalue weighted by molar-refractivity contribution is 6.36. The van der Waals surface area contributed by atoms with Crippen LogP contribution in [-0.4, -0.2) is 20.6 Å². The van der Waals surface area contributed by atoms with E-state index in [1.165, 1.54) is 24.3 Å². The molecule has 7 nitrogen and oxygen atoms in total. The van der Waals surface area contributed by atoms with Crippen molar-refractivity contribution in [3.63, 3.8) is 0 Å². The summed E-state index contributed by atoms with van der Waals surface area (Å²) in [6.07, 6.45) is 2.83. The molecule has 0 aliphatic rings. The lowest BCUT2D eigenvalue weighted by molar-refractivity contribution is -0.384. The van der Waals surface area contributed by atoms with E-state index in [1.807, 2.05) is 6.92 Å². The number of hydrogen-bond acceptors (Lipinski definition) is 4. The highest BCUT2D eigenvalue weighted by Gasteiger charge is 2.15. The van der Waals surface area contributed by atoms with Gasteiger partial charge in [-0.05, 0) is 37.6 Å². The maximum Gasteiger partial charge on any atom is 0.270 e. The maximum absolute atomic E-state index is 12.4. The topological polar surface area (TPSA) is 90.1 Å². The van der Waals surface area contributed by atoms with Gasteiger partial charge in [-0.25, -0.2) is 0 Å². The monoisotopic (exact) mass is 444 g/mol. The molecule has 30 heavy (non-hydrogen) atoms. The molecule has 0 aliphatic heterocycles. The van der Waals surface area contributed by atoms with E-state index >= 15 is 0 Å². The molecule has 1 N–H and O–H groups in total. The summed E-state index contributed by atoms with van der Waals surface area (Å²) in [6, 6.07) is 11.3. The first-order valence-electron chi connectivity index (χ1n) is 8.96. The van der Waals surface area contributed by atoms with Gasteiger partial charge in [0.25, 0.3) is 5.69 Å². The van der Waals surface area contributed by atoms with Gasteiger partial charge in [-0.2, -0.15) is 5.10 Å². The summed E-state index contributed by atoms with van der Waals surface area (Å²) in [5, 5.41) is 19.2. The second kappa shape index (κ2) is 9.11. The lowest BCUT2D eigenvalue weighted by Crippen LogP contribution is -2.10. The van der Waals surface area contributed by atoms with Gasteiger partial charge in [-0.3, -0.25) is 19.6 Å². The van der Waals surface area contributed by atoms with Crippen LogP contribution in [0.25, 0.3) is 6.08 Å². The molecule has 0 saturated heterocycles. The van der Waals surface area contributed by atoms with Crippen LogP contribution >= 0.6 is 23.2 Å². The van der Waals surface area contributed by atoms with Crippen molar-refractivity contribution in [1.29, 1.82) is 0 Å². The first kappa shape index (κ1) is 21.5. The minimum Gasteiger partial charge on any atom is -0.319 e. The molecule has 0 radical (unpaired) electrons. The van der Waals surface area contributed by atoms with Crippen LogP contribution in [0.1, 0.15) is 22.5 Å². The van der Waals surface area contributed by atoms with Crippen molar-refractivity contribution in [2.45, 2.75) is 20.4 Å². The predicted octanol–water partition coefficient (Wildman–Crippen LogP) is 5.42. The third-order valence-corrected chi connectivity index (χ3v) is 5.22. The van der Waals surface area contributed by atoms with Crippen LogP contribution in [0.4, 0.5) is 11.4 Å². The average molecular weight is 445 g/mol. The van der Waals surface area contributed by atoms with Gasteiger partial charge in [0.2, 0.25) is 5.91 Å². The van der Waals surface area contributed by atoms with Crippen LogP contribution in [-0.2, 0) is 11.3 Å². The van der Waals surface area contributed by atoms with E-state index in [0.29, 0.717) is 33.5 Å². The molecule has 154 valence electrons. The third-order valence-electron chi connectivity index (χ3n) is 4.51. The van der Waals surface area contributed by atoms with Gasteiger partial charge in [0, 0.05) is 33.8 Å². The summed E-state index contributed by atoms with van der Waals surface area (Å²) in [4.78, 5) is 22.8. The van der Waals surface area contributed by atoms with Crippen molar-refractivity contribution in [1.82, 2.24) is 9.78 Å². The summed E-state index contributed by atoms with van der Waals surface area (Å²) in [6.45, 7) is 3.99. The lowest BCUT2D eigenvalue weighted by atomic mass is 10.2. The van der Waals surface area contributed by atoms with Crippen LogP contribution in [0.15, 0.2) is 48.5 Å². The molecule has 0 bridgehead atoms. The zero-order valence-electron chi connectivity index (χ0n) is 16.2. The van der Waals surface area contributed by atoms with Crippen LogP contribution in [0.2, 0.25) is 10.0 Å². The van der Waals surface area contributed by atoms with E-state index in [4.69, 9.17) is 23.2 Å². The number of amides is 1. The number of halogens is 2. The minimum atomic E-state index is -0.482. The number of carbonyl (C=O) groups excluding carboxylic acids is 1. The van der Waals surface area contributed by atoms with Gasteiger partial charge < -0.3 is 5.32 Å². The largest absolute Gasteiger partial charge is 0.319 e. The van der Waals surface area contributed by atoms with E-state index in [1.54, 1.807) is 41.9 Å². The van der Waals surface area contributed by atoms with E-state index < -0.39 is 4.92 Å². The van der Waals surface area contributed by atoms with Gasteiger partial charge in [-0.15, -0.1) is 0 Å². The number of aromatic nitrogens is 2. The van der Waals surface area contributed by atoms with E-state index in [0.717, 1.165) is 11.3 Å². The number of hydrogen-bond donors (Lipinski definition) is 1. The number of nitro benzene ring substituents is 1. The number of nitro groups is 1. The van der Waals surface area contributed by atoms with Crippen molar-refractivity contribution in [2.75, 3.05) is 5.32 Å². The van der Waals surface area contributed by atoms with Crippen molar-refractivity contribution in [2.24, 2.45) is 0 Å². The molecule has 0 fully saturated rings. The Balaban J connectivity index is 1.76. The highest BCUT2D eigenvalue weighted by Crippen LogP contribution is 2.27. The average Bonchev–Trinajstić information content (AvgIpc) is 2.97. The van der Waals surface area contributed by atoms with Gasteiger partial charge in [0.05, 0.1) is 28.5 Å². The van der Waals surface area contributed by atoms with Gasteiger partial charge in [0.1, 0.15) is 0 Å². The SMILES string of the molecule is Cc1nn(Cc2c(Cl)cccc2Cl)c(C)c1NC(=O)/C=C/c1cccc([N+](=O)[O-])c1. The highest BCUT2D eigenvalue weighted by atomic mass is 35.5. The Morgan fingerprint density at radius 1 is 1.20 bits per heavy atom. The Bertz CT molecular complexity index is 1130. The molecule has 1 amide bonds. The summed E-state index contributed by atoms with van der Waals surface area (Å²) >= 11 is 12.5. The normalized spacial score (nSPS) is 11.1. The zero-order valence-corrected chi connectivity index (χ0v) is 17.7. The van der Waals surface area contributed by atoms with Gasteiger partial charge in [0.15, 0.2) is 0 Å². The van der Waals surface area contributed by atoms with Crippen LogP contribution in [0, 0.1) is 24.0 Å². The lowest BCUT2D eigenvalue weighted by Gasteiger charge is -2.09. The number of benzene rings is 2. The fourth-order valence-corrected chi connectivity index (χ4v) is 3.46. The standard InChI is InChI=1S/C21H18Cl2N4O3/c1-13-21(14(2)26(25-13)12-17-18(22)7-4-8-19(17)23)24-20(28)10-9-15-5-3-6-16(11-15)27(29)30/h3-11H,12H2,1-2H3,(H,24,28)/b10-9+. The Hall–Kier alpha value is -3.16. The fourth-order valence-electron chi connectivity index (χ4n) is 2.94. The Morgan fingerprint density at radius 3 is 2.53 bits per heavy atom. The molecular weight excluding hydrogens is 427 g/mol. The van der Waals surface area contributed by atoms with Crippen LogP contribution < -0.4 is 5.32 Å². The molecule has 1 heterocycles. The van der Waals surface area contributed by atoms with Gasteiger partial charge in [-0.1, -0.05) is 41.4 Å². The second-order valence-corrected chi connectivity index (χ2v) is 7.39. The van der Waals surface area contributed by atoms with Crippen molar-refractivity contribution in [3.8, 4) is 0 Å². The Morgan fingerprint density at radius 2 is 1.87 bits per heavy atom. The van der Waals surface area contributed by atoms with Crippen LogP contribution in [0.3, 0.4) is 0 Å². The van der Waals surface area contributed by atoms with Crippen molar-refractivity contribution < 1.29 is 9.72 Å². The summed E-state index contributed by atoms with van der Waals surface area (Å²) in [5.41, 5.74) is 3.25. The van der Waals surface area contributed by atoms with Crippen molar-refractivity contribution >= 4 is 46.6 Å². The first-order chi connectivity index (χ1) is 14.3. The molecule has 0 saturated carbocycles. The predicted molar refractivity (Wildman–Crippen MR) is 118 cm³/mol. The number of nitrogens with zero attached hydrogens (tertiary/aromatic N) is 3. The number of rotatable bonds is 6. The smallest absolute Gasteiger partial charge is 0.270 e. The molecule has 3 rings (SSSR count). The number of carbonyl (C=O) groups is 1. The summed E-state index contributed by atoms with van der Waals surface area (Å²) in [7, 11) is 0. The van der Waals surface area contributed by atoms with Crippen LogP contribution in [0.5, 0.6) is 0 Å². The number of anilines is 1. The summed E-state index contributed by atoms with van der Waals surface area (Å²) < 4.78 is 1.72. The molecule has 1 aromatic heterocycles. The number of aryl methyl sites for hydroxylation is 1. The second-order valence-electron chi connectivity index (χ2n) is 6.58. The van der Waals surface area contributed by atoms with E-state index in [2.05, 4.69) is 10.4 Å². The molecule has 0 spiro atoms. The molecule has 0 unspecified atom stereocenters. The number of non-ortho nitro benzene ring substituents is 1. The molecule has 9 heteroatoms. The van der Waals surface area contributed by atoms with Crippen molar-refractivity contribution in [3.05, 3.63) is 91.2 Å². The quantitative estimate of drug-likeness (QED) is 0.312. The minimum absolute atomic E-state index is 0.0382. The molecular formula is C21H18Cl2N4O3. The zero-order chi connectivity index (χ0) is 21.8. The Kier molecular flexibility index (Phi) is 6.54. The number of nitrogens with one attached hydrogen (secondary N) is 1. The maximum atomic E-state index is 12.4. The van der Waals surface area contributed by atoms with Gasteiger partial charge >= 0.3 is 0 Å². The third kappa shape index (κ3) is 4.87. The van der Waals surface area contributed by atoms with E-state index in [9.17, 15) is 14.9 Å². The molecule has 2 aromatic carbocycles. The fraction of sp³-hybridized carbons (Fsp3) is 0.143.